The molecule has 0 spiro atoms. The van der Waals surface area contributed by atoms with Gasteiger partial charge in [0.15, 0.2) is 0 Å². The van der Waals surface area contributed by atoms with E-state index in [0.717, 1.165) is 41.7 Å². The van der Waals surface area contributed by atoms with Crippen molar-refractivity contribution in [3.05, 3.63) is 41.5 Å². The average Bonchev–Trinajstić information content (AvgIpc) is 3.39. The van der Waals surface area contributed by atoms with Gasteiger partial charge in [0.25, 0.3) is 5.91 Å². The zero-order valence-corrected chi connectivity index (χ0v) is 15.2. The third kappa shape index (κ3) is 2.43. The number of benzene rings is 2. The number of amides is 4. The third-order valence-corrected chi connectivity index (χ3v) is 6.15. The molecule has 1 saturated carbocycles. The van der Waals surface area contributed by atoms with Gasteiger partial charge in [-0.05, 0) is 61.1 Å². The van der Waals surface area contributed by atoms with E-state index < -0.39 is 11.6 Å². The van der Waals surface area contributed by atoms with Gasteiger partial charge in [-0.15, -0.1) is 0 Å². The Balaban J connectivity index is 1.37. The number of aryl methyl sites for hydroxylation is 2. The zero-order valence-electron chi connectivity index (χ0n) is 15.2. The number of imide groups is 1. The minimum atomic E-state index is -0.862. The normalized spacial score (nSPS) is 23.8. The molecule has 2 aliphatic carbocycles. The summed E-state index contributed by atoms with van der Waals surface area (Å²) in [5.74, 6) is -0.485. The molecular weight excluding hydrogens is 342 g/mol. The lowest BCUT2D eigenvalue weighted by Crippen LogP contribution is -2.46. The Morgan fingerprint density at radius 1 is 1.19 bits per heavy atom. The molecule has 27 heavy (non-hydrogen) atoms. The highest BCUT2D eigenvalue weighted by molar-refractivity contribution is 6.11. The molecule has 1 aliphatic heterocycles. The second-order valence-corrected chi connectivity index (χ2v) is 7.96. The summed E-state index contributed by atoms with van der Waals surface area (Å²) < 4.78 is 0. The van der Waals surface area contributed by atoms with E-state index in [-0.39, 0.29) is 24.3 Å². The van der Waals surface area contributed by atoms with Crippen LogP contribution in [-0.2, 0) is 22.4 Å². The Morgan fingerprint density at radius 2 is 1.93 bits per heavy atom. The van der Waals surface area contributed by atoms with Crippen LogP contribution in [0.1, 0.15) is 30.9 Å². The molecule has 0 aromatic heterocycles. The highest BCUT2D eigenvalue weighted by Crippen LogP contribution is 2.42. The number of nitrogens with one attached hydrogen (secondary N) is 2. The number of carbonyl (C=O) groups is 3. The molecule has 4 amide bonds. The predicted octanol–water partition coefficient (Wildman–Crippen LogP) is 2.60. The van der Waals surface area contributed by atoms with E-state index in [1.54, 1.807) is 6.92 Å². The maximum atomic E-state index is 12.7. The second-order valence-electron chi connectivity index (χ2n) is 7.96. The molecule has 1 saturated heterocycles. The summed E-state index contributed by atoms with van der Waals surface area (Å²) in [6, 6.07) is 9.60. The van der Waals surface area contributed by atoms with E-state index in [9.17, 15) is 14.4 Å². The van der Waals surface area contributed by atoms with Gasteiger partial charge in [-0.3, -0.25) is 14.5 Å². The molecule has 138 valence electrons. The van der Waals surface area contributed by atoms with Gasteiger partial charge >= 0.3 is 6.03 Å². The summed E-state index contributed by atoms with van der Waals surface area (Å²) in [6.07, 6.45) is 3.91. The van der Waals surface area contributed by atoms with Crippen LogP contribution in [0.3, 0.4) is 0 Å². The summed E-state index contributed by atoms with van der Waals surface area (Å²) in [5, 5.41) is 7.89. The first-order valence-electron chi connectivity index (χ1n) is 9.45. The van der Waals surface area contributed by atoms with Gasteiger partial charge in [0.05, 0.1) is 0 Å². The summed E-state index contributed by atoms with van der Waals surface area (Å²) in [7, 11) is 0. The smallest absolute Gasteiger partial charge is 0.324 e. The van der Waals surface area contributed by atoms with Gasteiger partial charge in [-0.25, -0.2) is 4.79 Å². The minimum absolute atomic E-state index is 0.179. The molecule has 1 heterocycles. The molecule has 3 aliphatic rings. The molecular formula is C21H21N3O3. The predicted molar refractivity (Wildman–Crippen MR) is 101 cm³/mol. The van der Waals surface area contributed by atoms with Crippen LogP contribution < -0.4 is 10.6 Å². The van der Waals surface area contributed by atoms with Gasteiger partial charge in [0.1, 0.15) is 12.1 Å². The van der Waals surface area contributed by atoms with Crippen molar-refractivity contribution in [3.63, 3.8) is 0 Å². The van der Waals surface area contributed by atoms with Crippen molar-refractivity contribution in [2.45, 2.75) is 38.1 Å². The number of nitrogens with zero attached hydrogens (tertiary/aromatic N) is 1. The standard InChI is InChI=1S/C21H21N3O3/c1-21(14-8-9-14)19(26)24(20(27)23-21)11-17(25)22-16-10-7-13-6-5-12-3-2-4-15(16)18(12)13/h2-4,7,10,14H,5-6,8-9,11H2,1H3,(H,22,25)(H,23,27). The maximum Gasteiger partial charge on any atom is 0.325 e. The van der Waals surface area contributed by atoms with E-state index in [1.807, 2.05) is 24.3 Å². The Bertz CT molecular complexity index is 1000. The lowest BCUT2D eigenvalue weighted by atomic mass is 9.96. The molecule has 0 radical (unpaired) electrons. The molecule has 0 bridgehead atoms. The van der Waals surface area contributed by atoms with Crippen LogP contribution >= 0.6 is 0 Å². The van der Waals surface area contributed by atoms with Crippen LogP contribution in [-0.4, -0.2) is 34.8 Å². The summed E-state index contributed by atoms with van der Waals surface area (Å²) >= 11 is 0. The molecule has 5 rings (SSSR count). The van der Waals surface area contributed by atoms with Crippen LogP contribution in [0.2, 0.25) is 0 Å². The molecule has 1 atom stereocenters. The molecule has 2 aromatic rings. The monoisotopic (exact) mass is 363 g/mol. The Kier molecular flexibility index (Phi) is 3.35. The van der Waals surface area contributed by atoms with Crippen molar-refractivity contribution in [2.75, 3.05) is 11.9 Å². The lowest BCUT2D eigenvalue weighted by Gasteiger charge is -2.20. The zero-order chi connectivity index (χ0) is 18.8. The number of anilines is 1. The van der Waals surface area contributed by atoms with E-state index >= 15 is 0 Å². The Hall–Kier alpha value is -2.89. The second kappa shape index (κ2) is 5.55. The van der Waals surface area contributed by atoms with Gasteiger partial charge in [0, 0.05) is 11.1 Å². The van der Waals surface area contributed by atoms with Crippen LogP contribution in [0.15, 0.2) is 30.3 Å². The van der Waals surface area contributed by atoms with Gasteiger partial charge in [0.2, 0.25) is 5.91 Å². The van der Waals surface area contributed by atoms with E-state index in [2.05, 4.69) is 16.7 Å². The number of carbonyl (C=O) groups excluding carboxylic acids is 3. The van der Waals surface area contributed by atoms with Crippen molar-refractivity contribution < 1.29 is 14.4 Å². The molecule has 6 nitrogen and oxygen atoms in total. The van der Waals surface area contributed by atoms with Crippen LogP contribution in [0, 0.1) is 5.92 Å². The van der Waals surface area contributed by atoms with Crippen molar-refractivity contribution in [1.29, 1.82) is 0 Å². The van der Waals surface area contributed by atoms with Crippen molar-refractivity contribution >= 4 is 34.3 Å². The SMILES string of the molecule is CC1(C2CC2)NC(=O)N(CC(=O)Nc2ccc3c4c(cccc24)CC3)C1=O. The lowest BCUT2D eigenvalue weighted by molar-refractivity contribution is -0.134. The first-order valence-corrected chi connectivity index (χ1v) is 9.45. The minimum Gasteiger partial charge on any atom is -0.324 e. The first kappa shape index (κ1) is 16.3. The van der Waals surface area contributed by atoms with Crippen LogP contribution in [0.5, 0.6) is 0 Å². The Morgan fingerprint density at radius 3 is 2.67 bits per heavy atom. The van der Waals surface area contributed by atoms with E-state index in [1.165, 1.54) is 16.5 Å². The summed E-state index contributed by atoms with van der Waals surface area (Å²) in [4.78, 5) is 38.6. The quantitative estimate of drug-likeness (QED) is 0.820. The highest BCUT2D eigenvalue weighted by atomic mass is 16.2. The van der Waals surface area contributed by atoms with Crippen molar-refractivity contribution in [1.82, 2.24) is 10.2 Å². The van der Waals surface area contributed by atoms with Crippen LogP contribution in [0.25, 0.3) is 10.8 Å². The van der Waals surface area contributed by atoms with Crippen molar-refractivity contribution in [2.24, 2.45) is 5.92 Å². The molecule has 2 N–H and O–H groups in total. The van der Waals surface area contributed by atoms with Gasteiger partial charge in [-0.2, -0.15) is 0 Å². The molecule has 1 unspecified atom stereocenters. The van der Waals surface area contributed by atoms with E-state index in [0.29, 0.717) is 0 Å². The summed E-state index contributed by atoms with van der Waals surface area (Å²) in [6.45, 7) is 1.49. The molecule has 2 aromatic carbocycles. The van der Waals surface area contributed by atoms with Gasteiger partial charge in [-0.1, -0.05) is 24.3 Å². The number of hydrogen-bond donors (Lipinski definition) is 2. The number of rotatable bonds is 4. The van der Waals surface area contributed by atoms with Crippen LogP contribution in [0.4, 0.5) is 10.5 Å². The average molecular weight is 363 g/mol. The highest BCUT2D eigenvalue weighted by Gasteiger charge is 2.56. The Labute approximate surface area is 156 Å². The third-order valence-electron chi connectivity index (χ3n) is 6.15. The molecule has 2 fully saturated rings. The fourth-order valence-electron chi connectivity index (χ4n) is 4.49. The fraction of sp³-hybridized carbons (Fsp3) is 0.381. The van der Waals surface area contributed by atoms with Gasteiger partial charge < -0.3 is 10.6 Å². The number of urea groups is 1. The van der Waals surface area contributed by atoms with Crippen molar-refractivity contribution in [3.8, 4) is 0 Å². The first-order chi connectivity index (χ1) is 13.0. The molecule has 6 heteroatoms. The van der Waals surface area contributed by atoms with E-state index in [4.69, 9.17) is 0 Å². The fourth-order valence-corrected chi connectivity index (χ4v) is 4.49. The summed E-state index contributed by atoms with van der Waals surface area (Å²) in [5.41, 5.74) is 2.46. The maximum absolute atomic E-state index is 12.7. The number of hydrogen-bond acceptors (Lipinski definition) is 3. The largest absolute Gasteiger partial charge is 0.325 e. The topological polar surface area (TPSA) is 78.5 Å².